The van der Waals surface area contributed by atoms with Crippen LogP contribution in [0.4, 0.5) is 11.5 Å². The van der Waals surface area contributed by atoms with Gasteiger partial charge in [-0.25, -0.2) is 4.98 Å². The van der Waals surface area contributed by atoms with E-state index < -0.39 is 0 Å². The molecule has 0 aliphatic heterocycles. The van der Waals surface area contributed by atoms with Crippen molar-refractivity contribution in [3.8, 4) is 0 Å². The van der Waals surface area contributed by atoms with Crippen LogP contribution in [0.2, 0.25) is 5.02 Å². The Balaban J connectivity index is 1.98. The van der Waals surface area contributed by atoms with Crippen molar-refractivity contribution in [2.45, 2.75) is 26.2 Å². The highest BCUT2D eigenvalue weighted by Gasteiger charge is 2.17. The zero-order valence-electron chi connectivity index (χ0n) is 13.0. The predicted molar refractivity (Wildman–Crippen MR) is 91.5 cm³/mol. The number of carbonyl (C=O) groups excluding carboxylic acids is 1. The molecule has 116 valence electrons. The van der Waals surface area contributed by atoms with Gasteiger partial charge in [0.25, 0.3) is 0 Å². The molecule has 1 aromatic heterocycles. The minimum atomic E-state index is -0.154. The summed E-state index contributed by atoms with van der Waals surface area (Å²) >= 11 is 5.76. The lowest BCUT2D eigenvalue weighted by Gasteiger charge is -2.23. The topological polar surface area (TPSA) is 54.0 Å². The fourth-order valence-electron chi connectivity index (χ4n) is 2.10. The minimum absolute atomic E-state index is 0.0117. The Hall–Kier alpha value is -2.07. The van der Waals surface area contributed by atoms with Gasteiger partial charge in [0, 0.05) is 11.9 Å². The zero-order chi connectivity index (χ0) is 16.2. The number of benzene rings is 1. The number of para-hydroxylation sites is 1. The summed E-state index contributed by atoms with van der Waals surface area (Å²) in [6.45, 7) is 6.61. The molecular formula is C17H20ClN3O. The number of nitrogens with zero attached hydrogens (tertiary/aromatic N) is 1. The predicted octanol–water partition coefficient (Wildman–Crippen LogP) is 4.08. The Kier molecular flexibility index (Phi) is 5.03. The Morgan fingerprint density at radius 3 is 2.55 bits per heavy atom. The van der Waals surface area contributed by atoms with Gasteiger partial charge in [-0.15, -0.1) is 0 Å². The third kappa shape index (κ3) is 4.46. The molecule has 0 aliphatic rings. The molecule has 0 aliphatic carbocycles. The summed E-state index contributed by atoms with van der Waals surface area (Å²) in [7, 11) is 0. The van der Waals surface area contributed by atoms with Crippen LogP contribution in [0.1, 0.15) is 26.3 Å². The van der Waals surface area contributed by atoms with Crippen LogP contribution in [0.15, 0.2) is 42.6 Å². The highest BCUT2D eigenvalue weighted by Crippen LogP contribution is 2.29. The van der Waals surface area contributed by atoms with E-state index in [4.69, 9.17) is 11.6 Å². The summed E-state index contributed by atoms with van der Waals surface area (Å²) in [5.41, 5.74) is 2.15. The van der Waals surface area contributed by atoms with E-state index in [1.165, 1.54) is 11.8 Å². The van der Waals surface area contributed by atoms with Crippen molar-refractivity contribution in [2.24, 2.45) is 0 Å². The maximum atomic E-state index is 12.0. The summed E-state index contributed by atoms with van der Waals surface area (Å²) in [6, 6.07) is 11.4. The molecule has 0 spiro atoms. The third-order valence-electron chi connectivity index (χ3n) is 3.17. The number of anilines is 2. The van der Waals surface area contributed by atoms with Crippen molar-refractivity contribution in [1.29, 1.82) is 0 Å². The second kappa shape index (κ2) is 6.79. The van der Waals surface area contributed by atoms with E-state index in [0.29, 0.717) is 10.8 Å². The fraction of sp³-hybridized carbons (Fsp3) is 0.294. The van der Waals surface area contributed by atoms with Crippen LogP contribution in [-0.4, -0.2) is 17.4 Å². The standard InChI is InChI=1S/C17H20ClN3O/c1-17(2,3)13-6-4-5-7-14(13)19-11-16(22)21-15-9-8-12(18)10-20-15/h4-10,19H,11H2,1-3H3,(H,20,21,22). The number of carbonyl (C=O) groups is 1. The second-order valence-corrected chi connectivity index (χ2v) is 6.50. The largest absolute Gasteiger partial charge is 0.376 e. The van der Waals surface area contributed by atoms with Gasteiger partial charge in [-0.2, -0.15) is 0 Å². The fourth-order valence-corrected chi connectivity index (χ4v) is 2.22. The third-order valence-corrected chi connectivity index (χ3v) is 3.39. The van der Waals surface area contributed by atoms with Gasteiger partial charge in [0.05, 0.1) is 11.6 Å². The van der Waals surface area contributed by atoms with Gasteiger partial charge < -0.3 is 10.6 Å². The number of nitrogens with one attached hydrogen (secondary N) is 2. The molecule has 22 heavy (non-hydrogen) atoms. The van der Waals surface area contributed by atoms with Crippen LogP contribution in [-0.2, 0) is 10.2 Å². The van der Waals surface area contributed by atoms with Gasteiger partial charge in [0.2, 0.25) is 5.91 Å². The average Bonchev–Trinajstić information content (AvgIpc) is 2.47. The normalized spacial score (nSPS) is 11.1. The molecule has 4 nitrogen and oxygen atoms in total. The van der Waals surface area contributed by atoms with Crippen LogP contribution in [0.3, 0.4) is 0 Å². The first-order valence-electron chi connectivity index (χ1n) is 7.11. The monoisotopic (exact) mass is 317 g/mol. The molecule has 0 fully saturated rings. The van der Waals surface area contributed by atoms with Crippen LogP contribution >= 0.6 is 11.6 Å². The van der Waals surface area contributed by atoms with Crippen LogP contribution in [0, 0.1) is 0 Å². The molecule has 0 atom stereocenters. The van der Waals surface area contributed by atoms with E-state index in [-0.39, 0.29) is 17.9 Å². The van der Waals surface area contributed by atoms with Gasteiger partial charge >= 0.3 is 0 Å². The average molecular weight is 318 g/mol. The molecule has 0 saturated carbocycles. The van der Waals surface area contributed by atoms with E-state index in [2.05, 4.69) is 42.5 Å². The van der Waals surface area contributed by atoms with Gasteiger partial charge in [-0.05, 0) is 29.2 Å². The van der Waals surface area contributed by atoms with Crippen molar-refractivity contribution < 1.29 is 4.79 Å². The van der Waals surface area contributed by atoms with Gasteiger partial charge in [-0.3, -0.25) is 4.79 Å². The summed E-state index contributed by atoms with van der Waals surface area (Å²) in [5, 5.41) is 6.45. The van der Waals surface area contributed by atoms with Crippen molar-refractivity contribution >= 4 is 29.0 Å². The van der Waals surface area contributed by atoms with Gasteiger partial charge in [0.1, 0.15) is 5.82 Å². The first kappa shape index (κ1) is 16.3. The molecular weight excluding hydrogens is 298 g/mol. The minimum Gasteiger partial charge on any atom is -0.376 e. The summed E-state index contributed by atoms with van der Waals surface area (Å²) in [4.78, 5) is 16.0. The molecule has 1 amide bonds. The number of hydrogen-bond acceptors (Lipinski definition) is 3. The molecule has 0 unspecified atom stereocenters. The van der Waals surface area contributed by atoms with E-state index in [0.717, 1.165) is 5.69 Å². The Morgan fingerprint density at radius 2 is 1.91 bits per heavy atom. The molecule has 1 aromatic carbocycles. The molecule has 2 N–H and O–H groups in total. The molecule has 2 aromatic rings. The van der Waals surface area contributed by atoms with E-state index in [1.54, 1.807) is 12.1 Å². The van der Waals surface area contributed by atoms with Crippen molar-refractivity contribution in [3.05, 3.63) is 53.2 Å². The molecule has 0 radical (unpaired) electrons. The van der Waals surface area contributed by atoms with Crippen molar-refractivity contribution in [3.63, 3.8) is 0 Å². The second-order valence-electron chi connectivity index (χ2n) is 6.06. The highest BCUT2D eigenvalue weighted by molar-refractivity contribution is 6.30. The van der Waals surface area contributed by atoms with Gasteiger partial charge in [-0.1, -0.05) is 50.6 Å². The molecule has 1 heterocycles. The maximum Gasteiger partial charge on any atom is 0.244 e. The number of rotatable bonds is 4. The Bertz CT molecular complexity index is 648. The van der Waals surface area contributed by atoms with Crippen molar-refractivity contribution in [1.82, 2.24) is 4.98 Å². The maximum absolute atomic E-state index is 12.0. The summed E-state index contributed by atoms with van der Waals surface area (Å²) < 4.78 is 0. The lowest BCUT2D eigenvalue weighted by molar-refractivity contribution is -0.114. The SMILES string of the molecule is CC(C)(C)c1ccccc1NCC(=O)Nc1ccc(Cl)cn1. The summed E-state index contributed by atoms with van der Waals surface area (Å²) in [6.07, 6.45) is 1.50. The highest BCUT2D eigenvalue weighted by atomic mass is 35.5. The smallest absolute Gasteiger partial charge is 0.244 e. The van der Waals surface area contributed by atoms with E-state index in [9.17, 15) is 4.79 Å². The van der Waals surface area contributed by atoms with Crippen LogP contribution in [0.5, 0.6) is 0 Å². The molecule has 2 rings (SSSR count). The first-order valence-corrected chi connectivity index (χ1v) is 7.49. The Labute approximate surface area is 135 Å². The number of halogens is 1. The molecule has 0 bridgehead atoms. The van der Waals surface area contributed by atoms with E-state index >= 15 is 0 Å². The first-order chi connectivity index (χ1) is 10.4. The lowest BCUT2D eigenvalue weighted by Crippen LogP contribution is -2.24. The van der Waals surface area contributed by atoms with Crippen LogP contribution < -0.4 is 10.6 Å². The summed E-state index contributed by atoms with van der Waals surface area (Å²) in [5.74, 6) is 0.332. The number of pyridine rings is 1. The number of hydrogen-bond donors (Lipinski definition) is 2. The quantitative estimate of drug-likeness (QED) is 0.893. The van der Waals surface area contributed by atoms with E-state index in [1.807, 2.05) is 18.2 Å². The number of amides is 1. The molecule has 0 saturated heterocycles. The van der Waals surface area contributed by atoms with Gasteiger partial charge in [0.15, 0.2) is 0 Å². The lowest BCUT2D eigenvalue weighted by atomic mass is 9.86. The van der Waals surface area contributed by atoms with Crippen LogP contribution in [0.25, 0.3) is 0 Å². The molecule has 5 heteroatoms. The zero-order valence-corrected chi connectivity index (χ0v) is 13.7. The number of aromatic nitrogens is 1. The van der Waals surface area contributed by atoms with Crippen molar-refractivity contribution in [2.75, 3.05) is 17.2 Å². The Morgan fingerprint density at radius 1 is 1.18 bits per heavy atom.